The maximum absolute atomic E-state index is 9.09. The average molecular weight is 284 g/mol. The third-order valence-electron chi connectivity index (χ3n) is 0. The molecule has 0 bridgehead atoms. The Balaban J connectivity index is -0.0000000800. The molecule has 32 valence electrons. The minimum Gasteiger partial charge on any atom is -0.803 e. The van der Waals surface area contributed by atoms with Crippen LogP contribution in [0, 0.1) is 0 Å². The maximum atomic E-state index is 9.09. The van der Waals surface area contributed by atoms with Gasteiger partial charge in [-0.2, -0.15) is 0 Å². The predicted molar refractivity (Wildman–Crippen MR) is 21.6 cm³/mol. The molecule has 7 heteroatoms. The topological polar surface area (TPSA) is 63.2 Å². The second-order valence-corrected chi connectivity index (χ2v) is 4.84. The molecule has 0 aromatic heterocycles. The van der Waals surface area contributed by atoms with Crippen molar-refractivity contribution in [3.8, 4) is 0 Å². The summed E-state index contributed by atoms with van der Waals surface area (Å²) in [6.07, 6.45) is 0. The predicted octanol–water partition coefficient (Wildman–Crippen LogP) is -6.74. The Kier molecular flexibility index (Phi) is 20.4. The van der Waals surface area contributed by atoms with E-state index >= 15 is 0 Å². The molecule has 0 aliphatic rings. The molecule has 0 unspecified atom stereocenters. The van der Waals surface area contributed by atoms with Crippen molar-refractivity contribution >= 4 is 27.3 Å². The van der Waals surface area contributed by atoms with Gasteiger partial charge in [0.1, 0.15) is 0 Å². The summed E-state index contributed by atoms with van der Waals surface area (Å²) < 4.78 is 9.09. The zero-order valence-electron chi connectivity index (χ0n) is 4.05. The molecule has 0 radical (unpaired) electrons. The average Bonchev–Trinajstić information content (AvgIpc) is 0.722. The monoisotopic (exact) mass is 284 g/mol. The minimum atomic E-state index is -4.17. The SMILES string of the molecule is O=P([O-])([O-])I.[K+].[K+]. The minimum absolute atomic E-state index is 0. The van der Waals surface area contributed by atoms with Crippen LogP contribution < -0.4 is 113 Å². The van der Waals surface area contributed by atoms with E-state index in [2.05, 4.69) is 0 Å². The number of rotatable bonds is 0. The van der Waals surface area contributed by atoms with Gasteiger partial charge < -0.3 is 14.4 Å². The van der Waals surface area contributed by atoms with E-state index in [1.54, 1.807) is 0 Å². The van der Waals surface area contributed by atoms with Gasteiger partial charge in [0.05, 0.1) is 0 Å². The number of halogens is 1. The summed E-state index contributed by atoms with van der Waals surface area (Å²) in [5.74, 6) is 0. The van der Waals surface area contributed by atoms with Crippen molar-refractivity contribution in [3.63, 3.8) is 0 Å². The van der Waals surface area contributed by atoms with Crippen LogP contribution in [-0.2, 0) is 4.57 Å². The zero-order valence-corrected chi connectivity index (χ0v) is 13.3. The van der Waals surface area contributed by atoms with Crippen molar-refractivity contribution in [2.45, 2.75) is 0 Å². The van der Waals surface area contributed by atoms with Crippen LogP contribution in [0.1, 0.15) is 0 Å². The standard InChI is InChI=1S/H2IO3P.2K/c1-5(2,3)4;;/h(H2,2,3,4);;/q;2*+1/p-2. The Bertz CT molecular complexity index is 59.1. The fourth-order valence-corrected chi connectivity index (χ4v) is 0. The van der Waals surface area contributed by atoms with E-state index in [-0.39, 0.29) is 103 Å². The van der Waals surface area contributed by atoms with Crippen LogP contribution in [0.2, 0.25) is 0 Å². The first-order valence-electron chi connectivity index (χ1n) is 0.717. The molecule has 0 N–H and O–H groups in total. The normalized spacial score (nSPS) is 8.43. The van der Waals surface area contributed by atoms with Crippen LogP contribution in [-0.4, -0.2) is 0 Å². The van der Waals surface area contributed by atoms with Crippen molar-refractivity contribution in [1.29, 1.82) is 0 Å². The van der Waals surface area contributed by atoms with Crippen molar-refractivity contribution < 1.29 is 117 Å². The fourth-order valence-electron chi connectivity index (χ4n) is 0. The van der Waals surface area contributed by atoms with E-state index in [9.17, 15) is 0 Å². The Morgan fingerprint density at radius 1 is 1.29 bits per heavy atom. The Morgan fingerprint density at radius 2 is 1.29 bits per heavy atom. The first-order valence-corrected chi connectivity index (χ1v) is 5.04. The van der Waals surface area contributed by atoms with Crippen molar-refractivity contribution in [2.24, 2.45) is 0 Å². The molecular weight excluding hydrogens is 284 g/mol. The van der Waals surface area contributed by atoms with Gasteiger partial charge in [0, 0.05) is 0 Å². The quantitative estimate of drug-likeness (QED) is 0.252. The molecule has 3 nitrogen and oxygen atoms in total. The first-order chi connectivity index (χ1) is 2.00. The summed E-state index contributed by atoms with van der Waals surface area (Å²) in [5.41, 5.74) is 0. The van der Waals surface area contributed by atoms with E-state index in [0.717, 1.165) is 22.0 Å². The molecule has 0 aliphatic heterocycles. The smallest absolute Gasteiger partial charge is 0.803 e. The molecule has 0 heterocycles. The summed E-state index contributed by atoms with van der Waals surface area (Å²) in [5, 5.41) is -4.17. The van der Waals surface area contributed by atoms with E-state index in [4.69, 9.17) is 14.4 Å². The molecule has 0 aromatic carbocycles. The first kappa shape index (κ1) is 17.3. The summed E-state index contributed by atoms with van der Waals surface area (Å²) in [4.78, 5) is 18.2. The van der Waals surface area contributed by atoms with Crippen molar-refractivity contribution in [2.75, 3.05) is 0 Å². The van der Waals surface area contributed by atoms with Crippen LogP contribution in [0.4, 0.5) is 0 Å². The number of hydrogen-bond acceptors (Lipinski definition) is 3. The molecule has 7 heavy (non-hydrogen) atoms. The maximum Gasteiger partial charge on any atom is 1.00 e. The molecular formula is IK2O3P. The van der Waals surface area contributed by atoms with E-state index in [0.29, 0.717) is 0 Å². The van der Waals surface area contributed by atoms with Crippen molar-refractivity contribution in [3.05, 3.63) is 0 Å². The zero-order chi connectivity index (χ0) is 4.50. The Labute approximate surface area is 140 Å². The molecule has 0 fully saturated rings. The molecule has 0 amide bonds. The van der Waals surface area contributed by atoms with Gasteiger partial charge in [0.2, 0.25) is 0 Å². The van der Waals surface area contributed by atoms with Crippen LogP contribution in [0.5, 0.6) is 0 Å². The second-order valence-electron chi connectivity index (χ2n) is 0.431. The second kappa shape index (κ2) is 8.25. The van der Waals surface area contributed by atoms with E-state index in [1.807, 2.05) is 0 Å². The largest absolute Gasteiger partial charge is 1.00 e. The van der Waals surface area contributed by atoms with Crippen LogP contribution in [0.3, 0.4) is 0 Å². The third-order valence-corrected chi connectivity index (χ3v) is 0. The van der Waals surface area contributed by atoms with Gasteiger partial charge in [-0.05, 0) is 27.3 Å². The molecule has 0 aromatic rings. The summed E-state index contributed by atoms with van der Waals surface area (Å²) in [6, 6.07) is 0. The summed E-state index contributed by atoms with van der Waals surface area (Å²) in [6.45, 7) is 0. The number of hydrogen-bond donors (Lipinski definition) is 0. The molecule has 0 saturated heterocycles. The van der Waals surface area contributed by atoms with Gasteiger partial charge in [-0.1, -0.05) is 0 Å². The van der Waals surface area contributed by atoms with Gasteiger partial charge in [-0.25, -0.2) is 0 Å². The third kappa shape index (κ3) is 39.1. The summed E-state index contributed by atoms with van der Waals surface area (Å²) >= 11 is 0.822. The summed E-state index contributed by atoms with van der Waals surface area (Å²) in [7, 11) is 0. The van der Waals surface area contributed by atoms with Gasteiger partial charge in [0.15, 0.2) is 0 Å². The Hall–Kier alpha value is 4.15. The fraction of sp³-hybridized carbons (Fsp3) is 0. The van der Waals surface area contributed by atoms with Gasteiger partial charge >= 0.3 is 103 Å². The molecule has 0 rings (SSSR count). The molecule has 0 saturated carbocycles. The van der Waals surface area contributed by atoms with Gasteiger partial charge in [-0.15, -0.1) is 0 Å². The van der Waals surface area contributed by atoms with E-state index < -0.39 is 5.24 Å². The van der Waals surface area contributed by atoms with Crippen molar-refractivity contribution in [1.82, 2.24) is 0 Å². The van der Waals surface area contributed by atoms with Gasteiger partial charge in [0.25, 0.3) is 0 Å². The van der Waals surface area contributed by atoms with Crippen LogP contribution in [0.25, 0.3) is 0 Å². The van der Waals surface area contributed by atoms with Crippen LogP contribution in [0.15, 0.2) is 0 Å². The molecule has 0 atom stereocenters. The molecule has 0 aliphatic carbocycles. The van der Waals surface area contributed by atoms with E-state index in [1.165, 1.54) is 0 Å². The Morgan fingerprint density at radius 3 is 1.29 bits per heavy atom. The van der Waals surface area contributed by atoms with Crippen LogP contribution >= 0.6 is 27.3 Å². The van der Waals surface area contributed by atoms with Gasteiger partial charge in [-0.3, -0.25) is 0 Å². The molecule has 0 spiro atoms.